The largest absolute Gasteiger partial charge is 0.496 e. The average Bonchev–Trinajstić information content (AvgIpc) is 2.47. The molecule has 0 bridgehead atoms. The van der Waals surface area contributed by atoms with Crippen LogP contribution >= 0.6 is 15.9 Å². The smallest absolute Gasteiger partial charge is 0.256 e. The van der Waals surface area contributed by atoms with Gasteiger partial charge in [-0.2, -0.15) is 0 Å². The van der Waals surface area contributed by atoms with Crippen LogP contribution in [0.3, 0.4) is 0 Å². The number of rotatable bonds is 4. The van der Waals surface area contributed by atoms with Crippen LogP contribution in [0, 0.1) is 5.82 Å². The van der Waals surface area contributed by atoms with Crippen molar-refractivity contribution in [2.75, 3.05) is 14.2 Å². The number of carbonyl (C=O) groups excluding carboxylic acids is 1. The third-order valence-electron chi connectivity index (χ3n) is 3.00. The van der Waals surface area contributed by atoms with Crippen LogP contribution in [0.4, 0.5) is 4.39 Å². The number of amides is 1. The maximum Gasteiger partial charge on any atom is 0.256 e. The first kappa shape index (κ1) is 15.4. The Balaban J connectivity index is 2.22. The van der Waals surface area contributed by atoms with Gasteiger partial charge in [-0.15, -0.1) is 0 Å². The van der Waals surface area contributed by atoms with Crippen LogP contribution in [-0.2, 0) is 6.54 Å². The van der Waals surface area contributed by atoms with Gasteiger partial charge in [0.05, 0.1) is 18.9 Å². The normalized spacial score (nSPS) is 10.3. The van der Waals surface area contributed by atoms with Crippen molar-refractivity contribution in [3.8, 4) is 5.75 Å². The minimum atomic E-state index is -0.629. The molecular formula is C15H14BrFN2O2. The molecule has 0 aliphatic rings. The summed E-state index contributed by atoms with van der Waals surface area (Å²) >= 11 is 3.38. The Hall–Kier alpha value is -1.95. The quantitative estimate of drug-likeness (QED) is 0.847. The Morgan fingerprint density at radius 3 is 2.86 bits per heavy atom. The van der Waals surface area contributed by atoms with Gasteiger partial charge in [-0.3, -0.25) is 9.78 Å². The number of aromatic nitrogens is 1. The highest BCUT2D eigenvalue weighted by Gasteiger charge is 2.17. The topological polar surface area (TPSA) is 42.4 Å². The molecule has 0 saturated heterocycles. The Morgan fingerprint density at radius 2 is 2.19 bits per heavy atom. The molecule has 0 radical (unpaired) electrons. The zero-order chi connectivity index (χ0) is 15.4. The molecule has 4 nitrogen and oxygen atoms in total. The number of halogens is 2. The SMILES string of the molecule is COc1ccc(Br)cc1CN(C)C(=O)c1ccncc1F. The molecule has 1 aromatic carbocycles. The van der Waals surface area contributed by atoms with Crippen LogP contribution in [0.5, 0.6) is 5.75 Å². The minimum absolute atomic E-state index is 0.00136. The Bertz CT molecular complexity index is 664. The Kier molecular flexibility index (Phi) is 4.90. The number of pyridine rings is 1. The van der Waals surface area contributed by atoms with Gasteiger partial charge in [0.15, 0.2) is 5.82 Å². The van der Waals surface area contributed by atoms with Gasteiger partial charge in [0.1, 0.15) is 5.75 Å². The van der Waals surface area contributed by atoms with Crippen LogP contribution in [0.15, 0.2) is 41.1 Å². The molecule has 2 rings (SSSR count). The maximum absolute atomic E-state index is 13.6. The molecule has 1 aromatic heterocycles. The van der Waals surface area contributed by atoms with Gasteiger partial charge in [0, 0.05) is 29.8 Å². The van der Waals surface area contributed by atoms with Crippen LogP contribution in [0.1, 0.15) is 15.9 Å². The summed E-state index contributed by atoms with van der Waals surface area (Å²) < 4.78 is 19.8. The Morgan fingerprint density at radius 1 is 1.43 bits per heavy atom. The summed E-state index contributed by atoms with van der Waals surface area (Å²) in [5.74, 6) is -0.361. The molecule has 21 heavy (non-hydrogen) atoms. The predicted molar refractivity (Wildman–Crippen MR) is 80.7 cm³/mol. The van der Waals surface area contributed by atoms with Crippen molar-refractivity contribution in [3.05, 3.63) is 58.1 Å². The summed E-state index contributed by atoms with van der Waals surface area (Å²) in [7, 11) is 3.18. The molecule has 0 unspecified atom stereocenters. The first-order chi connectivity index (χ1) is 10.0. The van der Waals surface area contributed by atoms with Crippen LogP contribution in [0.2, 0.25) is 0 Å². The van der Waals surface area contributed by atoms with E-state index in [1.807, 2.05) is 18.2 Å². The fourth-order valence-corrected chi connectivity index (χ4v) is 2.36. The number of nitrogens with zero attached hydrogens (tertiary/aromatic N) is 2. The molecule has 0 fully saturated rings. The molecule has 1 amide bonds. The van der Waals surface area contributed by atoms with Gasteiger partial charge in [-0.05, 0) is 24.3 Å². The van der Waals surface area contributed by atoms with Crippen LogP contribution in [-0.4, -0.2) is 29.9 Å². The number of methoxy groups -OCH3 is 1. The van der Waals surface area contributed by atoms with Gasteiger partial charge < -0.3 is 9.64 Å². The van der Waals surface area contributed by atoms with Crippen molar-refractivity contribution in [3.63, 3.8) is 0 Å². The lowest BCUT2D eigenvalue weighted by molar-refractivity contribution is 0.0779. The van der Waals surface area contributed by atoms with Crippen molar-refractivity contribution in [1.82, 2.24) is 9.88 Å². The lowest BCUT2D eigenvalue weighted by atomic mass is 10.1. The van der Waals surface area contributed by atoms with Gasteiger partial charge in [-0.25, -0.2) is 4.39 Å². The molecule has 0 aliphatic carbocycles. The molecule has 110 valence electrons. The third kappa shape index (κ3) is 3.58. The van der Waals surface area contributed by atoms with Crippen molar-refractivity contribution >= 4 is 21.8 Å². The van der Waals surface area contributed by atoms with E-state index in [0.717, 1.165) is 16.2 Å². The first-order valence-corrected chi connectivity index (χ1v) is 6.99. The van der Waals surface area contributed by atoms with Crippen molar-refractivity contribution in [2.24, 2.45) is 0 Å². The summed E-state index contributed by atoms with van der Waals surface area (Å²) in [6.45, 7) is 0.309. The number of hydrogen-bond acceptors (Lipinski definition) is 3. The highest BCUT2D eigenvalue weighted by atomic mass is 79.9. The van der Waals surface area contributed by atoms with Crippen molar-refractivity contribution < 1.29 is 13.9 Å². The Labute approximate surface area is 130 Å². The predicted octanol–water partition coefficient (Wildman–Crippen LogP) is 3.26. The molecule has 6 heteroatoms. The van der Waals surface area contributed by atoms with Gasteiger partial charge in [0.25, 0.3) is 5.91 Å². The van der Waals surface area contributed by atoms with Crippen LogP contribution < -0.4 is 4.74 Å². The molecule has 0 N–H and O–H groups in total. The van der Waals surface area contributed by atoms with E-state index in [-0.39, 0.29) is 5.56 Å². The van der Waals surface area contributed by atoms with E-state index in [2.05, 4.69) is 20.9 Å². The minimum Gasteiger partial charge on any atom is -0.496 e. The monoisotopic (exact) mass is 352 g/mol. The maximum atomic E-state index is 13.6. The summed E-state index contributed by atoms with van der Waals surface area (Å²) in [4.78, 5) is 17.3. The van der Waals surface area contributed by atoms with Crippen molar-refractivity contribution in [1.29, 1.82) is 0 Å². The third-order valence-corrected chi connectivity index (χ3v) is 3.49. The van der Waals surface area contributed by atoms with Crippen molar-refractivity contribution in [2.45, 2.75) is 6.54 Å². The van der Waals surface area contributed by atoms with E-state index < -0.39 is 11.7 Å². The lowest BCUT2D eigenvalue weighted by Gasteiger charge is -2.19. The summed E-state index contributed by atoms with van der Waals surface area (Å²) in [5.41, 5.74) is 0.832. The van der Waals surface area contributed by atoms with E-state index >= 15 is 0 Å². The van der Waals surface area contributed by atoms with Gasteiger partial charge >= 0.3 is 0 Å². The fraction of sp³-hybridized carbons (Fsp3) is 0.200. The molecular weight excluding hydrogens is 339 g/mol. The number of ether oxygens (including phenoxy) is 1. The molecule has 2 aromatic rings. The summed E-state index contributed by atoms with van der Waals surface area (Å²) in [5, 5.41) is 0. The highest BCUT2D eigenvalue weighted by Crippen LogP contribution is 2.24. The van der Waals surface area contributed by atoms with E-state index in [9.17, 15) is 9.18 Å². The fourth-order valence-electron chi connectivity index (χ4n) is 1.95. The molecule has 0 saturated carbocycles. The first-order valence-electron chi connectivity index (χ1n) is 6.20. The second kappa shape index (κ2) is 6.67. The van der Waals surface area contributed by atoms with E-state index in [1.54, 1.807) is 14.2 Å². The number of benzene rings is 1. The summed E-state index contributed by atoms with van der Waals surface area (Å²) in [6, 6.07) is 6.90. The molecule has 0 aliphatic heterocycles. The number of carbonyl (C=O) groups is 1. The average molecular weight is 353 g/mol. The highest BCUT2D eigenvalue weighted by molar-refractivity contribution is 9.10. The van der Waals surface area contributed by atoms with Gasteiger partial charge in [-0.1, -0.05) is 15.9 Å². The molecule has 0 spiro atoms. The zero-order valence-electron chi connectivity index (χ0n) is 11.6. The molecule has 0 atom stereocenters. The van der Waals surface area contributed by atoms with E-state index in [1.165, 1.54) is 17.2 Å². The van der Waals surface area contributed by atoms with E-state index in [0.29, 0.717) is 12.3 Å². The second-order valence-corrected chi connectivity index (χ2v) is 5.39. The van der Waals surface area contributed by atoms with Crippen LogP contribution in [0.25, 0.3) is 0 Å². The second-order valence-electron chi connectivity index (χ2n) is 4.47. The summed E-state index contributed by atoms with van der Waals surface area (Å²) in [6.07, 6.45) is 2.42. The number of hydrogen-bond donors (Lipinski definition) is 0. The standard InChI is InChI=1S/C15H14BrFN2O2/c1-19(15(20)12-5-6-18-8-13(12)17)9-10-7-11(16)3-4-14(10)21-2/h3-8H,9H2,1-2H3. The molecule has 1 heterocycles. The lowest BCUT2D eigenvalue weighted by Crippen LogP contribution is -2.27. The van der Waals surface area contributed by atoms with Gasteiger partial charge in [0.2, 0.25) is 0 Å². The van der Waals surface area contributed by atoms with E-state index in [4.69, 9.17) is 4.74 Å². The zero-order valence-corrected chi connectivity index (χ0v) is 13.2.